The van der Waals surface area contributed by atoms with Crippen molar-refractivity contribution in [2.24, 2.45) is 4.99 Å². The Morgan fingerprint density at radius 3 is 2.39 bits per heavy atom. The molecular weight excluding hydrogens is 222 g/mol. The maximum absolute atomic E-state index is 4.08. The topological polar surface area (TPSA) is 36.4 Å². The van der Waals surface area contributed by atoms with Crippen molar-refractivity contribution in [2.75, 3.05) is 20.6 Å². The lowest BCUT2D eigenvalue weighted by Crippen LogP contribution is -2.35. The minimum atomic E-state index is 0.611. The Morgan fingerprint density at radius 2 is 1.89 bits per heavy atom. The SMILES string of the molecule is CN=C(NC)NCCCc1ccc(C(C)C)cc1. The quantitative estimate of drug-likeness (QED) is 0.476. The van der Waals surface area contributed by atoms with Crippen LogP contribution >= 0.6 is 0 Å². The van der Waals surface area contributed by atoms with Crippen molar-refractivity contribution in [3.05, 3.63) is 35.4 Å². The highest BCUT2D eigenvalue weighted by atomic mass is 15.1. The van der Waals surface area contributed by atoms with Crippen molar-refractivity contribution >= 4 is 5.96 Å². The fourth-order valence-electron chi connectivity index (χ4n) is 1.85. The number of hydrogen-bond acceptors (Lipinski definition) is 1. The van der Waals surface area contributed by atoms with Crippen molar-refractivity contribution in [3.8, 4) is 0 Å². The summed E-state index contributed by atoms with van der Waals surface area (Å²) in [7, 11) is 3.66. The summed E-state index contributed by atoms with van der Waals surface area (Å²) in [6, 6.07) is 8.95. The Hall–Kier alpha value is -1.51. The van der Waals surface area contributed by atoms with Crippen LogP contribution in [0.15, 0.2) is 29.3 Å². The van der Waals surface area contributed by atoms with Crippen LogP contribution in [0.3, 0.4) is 0 Å². The lowest BCUT2D eigenvalue weighted by molar-refractivity contribution is 0.757. The molecule has 0 spiro atoms. The molecule has 3 nitrogen and oxygen atoms in total. The van der Waals surface area contributed by atoms with E-state index in [1.54, 1.807) is 7.05 Å². The van der Waals surface area contributed by atoms with Gasteiger partial charge in [-0.1, -0.05) is 38.1 Å². The van der Waals surface area contributed by atoms with Gasteiger partial charge in [-0.2, -0.15) is 0 Å². The summed E-state index contributed by atoms with van der Waals surface area (Å²) >= 11 is 0. The van der Waals surface area contributed by atoms with Crippen molar-refractivity contribution in [1.82, 2.24) is 10.6 Å². The van der Waals surface area contributed by atoms with Crippen molar-refractivity contribution in [3.63, 3.8) is 0 Å². The van der Waals surface area contributed by atoms with Crippen molar-refractivity contribution in [1.29, 1.82) is 0 Å². The van der Waals surface area contributed by atoms with Gasteiger partial charge in [-0.25, -0.2) is 0 Å². The highest BCUT2D eigenvalue weighted by Gasteiger charge is 1.99. The number of rotatable bonds is 5. The van der Waals surface area contributed by atoms with E-state index in [0.717, 1.165) is 25.3 Å². The monoisotopic (exact) mass is 247 g/mol. The van der Waals surface area contributed by atoms with Crippen LogP contribution in [-0.2, 0) is 6.42 Å². The Bertz CT molecular complexity index is 366. The highest BCUT2D eigenvalue weighted by Crippen LogP contribution is 2.15. The molecule has 0 aliphatic carbocycles. The van der Waals surface area contributed by atoms with Gasteiger partial charge >= 0.3 is 0 Å². The second kappa shape index (κ2) is 7.75. The first-order valence-electron chi connectivity index (χ1n) is 6.64. The molecule has 0 unspecified atom stereocenters. The van der Waals surface area contributed by atoms with E-state index >= 15 is 0 Å². The molecule has 0 fully saturated rings. The Kier molecular flexibility index (Phi) is 6.26. The predicted octanol–water partition coefficient (Wildman–Crippen LogP) is 2.54. The van der Waals surface area contributed by atoms with E-state index in [2.05, 4.69) is 53.7 Å². The third-order valence-electron chi connectivity index (χ3n) is 3.04. The molecule has 0 bridgehead atoms. The van der Waals surface area contributed by atoms with E-state index in [4.69, 9.17) is 0 Å². The summed E-state index contributed by atoms with van der Waals surface area (Å²) in [4.78, 5) is 4.08. The molecule has 1 aromatic carbocycles. The zero-order valence-electron chi connectivity index (χ0n) is 12.0. The molecule has 3 heteroatoms. The average molecular weight is 247 g/mol. The molecule has 0 amide bonds. The molecule has 0 aliphatic rings. The number of nitrogens with zero attached hydrogens (tertiary/aromatic N) is 1. The summed E-state index contributed by atoms with van der Waals surface area (Å²) in [6.45, 7) is 5.39. The van der Waals surface area contributed by atoms with Gasteiger partial charge in [0.05, 0.1) is 0 Å². The normalized spacial score (nSPS) is 11.7. The van der Waals surface area contributed by atoms with Crippen LogP contribution in [-0.4, -0.2) is 26.6 Å². The molecule has 0 saturated heterocycles. The number of nitrogens with one attached hydrogen (secondary N) is 2. The van der Waals surface area contributed by atoms with Crippen LogP contribution in [0, 0.1) is 0 Å². The Morgan fingerprint density at radius 1 is 1.22 bits per heavy atom. The van der Waals surface area contributed by atoms with E-state index in [1.165, 1.54) is 11.1 Å². The number of hydrogen-bond donors (Lipinski definition) is 2. The van der Waals surface area contributed by atoms with Gasteiger partial charge in [0.15, 0.2) is 5.96 Å². The van der Waals surface area contributed by atoms with E-state index in [-0.39, 0.29) is 0 Å². The van der Waals surface area contributed by atoms with Gasteiger partial charge in [-0.05, 0) is 29.9 Å². The zero-order valence-corrected chi connectivity index (χ0v) is 12.0. The summed E-state index contributed by atoms with van der Waals surface area (Å²) in [5.41, 5.74) is 2.81. The molecule has 1 rings (SSSR count). The number of aryl methyl sites for hydroxylation is 1. The van der Waals surface area contributed by atoms with Crippen LogP contribution in [0.1, 0.15) is 37.3 Å². The van der Waals surface area contributed by atoms with Gasteiger partial charge in [-0.15, -0.1) is 0 Å². The van der Waals surface area contributed by atoms with Gasteiger partial charge in [0, 0.05) is 20.6 Å². The maximum Gasteiger partial charge on any atom is 0.190 e. The predicted molar refractivity (Wildman–Crippen MR) is 79.3 cm³/mol. The molecular formula is C15H25N3. The second-order valence-corrected chi connectivity index (χ2v) is 4.75. The second-order valence-electron chi connectivity index (χ2n) is 4.75. The van der Waals surface area contributed by atoms with Gasteiger partial charge in [0.2, 0.25) is 0 Å². The number of benzene rings is 1. The molecule has 100 valence electrons. The number of guanidine groups is 1. The van der Waals surface area contributed by atoms with Crippen LogP contribution < -0.4 is 10.6 Å². The largest absolute Gasteiger partial charge is 0.359 e. The molecule has 1 aromatic rings. The highest BCUT2D eigenvalue weighted by molar-refractivity contribution is 5.79. The summed E-state index contributed by atoms with van der Waals surface area (Å²) in [5, 5.41) is 6.27. The summed E-state index contributed by atoms with van der Waals surface area (Å²) < 4.78 is 0. The van der Waals surface area contributed by atoms with Crippen LogP contribution in [0.4, 0.5) is 0 Å². The minimum Gasteiger partial charge on any atom is -0.359 e. The van der Waals surface area contributed by atoms with E-state index in [9.17, 15) is 0 Å². The zero-order chi connectivity index (χ0) is 13.4. The molecule has 0 saturated carbocycles. The molecule has 18 heavy (non-hydrogen) atoms. The lowest BCUT2D eigenvalue weighted by atomic mass is 10.0. The van der Waals surface area contributed by atoms with Gasteiger partial charge < -0.3 is 10.6 Å². The smallest absolute Gasteiger partial charge is 0.190 e. The van der Waals surface area contributed by atoms with Crippen LogP contribution in [0.2, 0.25) is 0 Å². The van der Waals surface area contributed by atoms with Crippen LogP contribution in [0.25, 0.3) is 0 Å². The van der Waals surface area contributed by atoms with Gasteiger partial charge in [0.25, 0.3) is 0 Å². The first kappa shape index (κ1) is 14.6. The van der Waals surface area contributed by atoms with Crippen molar-refractivity contribution in [2.45, 2.75) is 32.6 Å². The minimum absolute atomic E-state index is 0.611. The fraction of sp³-hybridized carbons (Fsp3) is 0.533. The standard InChI is InChI=1S/C15H25N3/c1-12(2)14-9-7-13(8-10-14)6-5-11-18-15(16-3)17-4/h7-10,12H,5-6,11H2,1-4H3,(H2,16,17,18). The first-order chi connectivity index (χ1) is 8.67. The first-order valence-corrected chi connectivity index (χ1v) is 6.64. The maximum atomic E-state index is 4.08. The molecule has 0 aromatic heterocycles. The average Bonchev–Trinajstić information content (AvgIpc) is 2.39. The lowest BCUT2D eigenvalue weighted by Gasteiger charge is -2.09. The molecule has 0 aliphatic heterocycles. The van der Waals surface area contributed by atoms with E-state index < -0.39 is 0 Å². The Balaban J connectivity index is 2.31. The molecule has 0 atom stereocenters. The third kappa shape index (κ3) is 4.78. The molecule has 0 radical (unpaired) electrons. The van der Waals surface area contributed by atoms with E-state index in [0.29, 0.717) is 5.92 Å². The van der Waals surface area contributed by atoms with Crippen LogP contribution in [0.5, 0.6) is 0 Å². The van der Waals surface area contributed by atoms with Gasteiger partial charge in [0.1, 0.15) is 0 Å². The Labute approximate surface area is 111 Å². The summed E-state index contributed by atoms with van der Waals surface area (Å²) in [6.07, 6.45) is 2.22. The number of aliphatic imine (C=N–C) groups is 1. The summed E-state index contributed by atoms with van der Waals surface area (Å²) in [5.74, 6) is 1.46. The third-order valence-corrected chi connectivity index (χ3v) is 3.04. The van der Waals surface area contributed by atoms with Crippen molar-refractivity contribution < 1.29 is 0 Å². The fourth-order valence-corrected chi connectivity index (χ4v) is 1.85. The molecule has 0 heterocycles. The van der Waals surface area contributed by atoms with E-state index in [1.807, 2.05) is 7.05 Å². The molecule has 2 N–H and O–H groups in total. The van der Waals surface area contributed by atoms with Gasteiger partial charge in [-0.3, -0.25) is 4.99 Å².